The van der Waals surface area contributed by atoms with Gasteiger partial charge in [0.15, 0.2) is 0 Å². The Morgan fingerprint density at radius 1 is 1.29 bits per heavy atom. The minimum Gasteiger partial charge on any atom is -0.357 e. The van der Waals surface area contributed by atoms with Crippen molar-refractivity contribution in [2.75, 3.05) is 30.4 Å². The molecule has 4 nitrogen and oxygen atoms in total. The number of fused-ring (bicyclic) bond motifs is 1. The molecule has 0 saturated heterocycles. The fraction of sp³-hybridized carbons (Fsp3) is 0.500. The van der Waals surface area contributed by atoms with E-state index in [2.05, 4.69) is 47.0 Å². The number of aromatic nitrogens is 2. The lowest BCUT2D eigenvalue weighted by atomic mass is 10.3. The van der Waals surface area contributed by atoms with Gasteiger partial charge in [-0.1, -0.05) is 0 Å². The van der Waals surface area contributed by atoms with Crippen molar-refractivity contribution in [1.82, 2.24) is 9.97 Å². The number of rotatable bonds is 4. The third-order valence-corrected chi connectivity index (χ3v) is 3.73. The van der Waals surface area contributed by atoms with Crippen LogP contribution in [0.3, 0.4) is 0 Å². The van der Waals surface area contributed by atoms with Crippen LogP contribution in [0.5, 0.6) is 0 Å². The average Bonchev–Trinajstić information content (AvgIpc) is 2.70. The van der Waals surface area contributed by atoms with Gasteiger partial charge in [0.1, 0.15) is 10.6 Å². The zero-order valence-electron chi connectivity index (χ0n) is 10.7. The molecule has 92 valence electrons. The lowest BCUT2D eigenvalue weighted by molar-refractivity contribution is 0.850. The van der Waals surface area contributed by atoms with Crippen molar-refractivity contribution in [3.05, 3.63) is 10.9 Å². The van der Waals surface area contributed by atoms with Gasteiger partial charge in [-0.3, -0.25) is 0 Å². The smallest absolute Gasteiger partial charge is 0.225 e. The van der Waals surface area contributed by atoms with Gasteiger partial charge in [-0.15, -0.1) is 11.3 Å². The van der Waals surface area contributed by atoms with Crippen LogP contribution < -0.4 is 10.2 Å². The molecular weight excluding hydrogens is 232 g/mol. The maximum atomic E-state index is 4.59. The Morgan fingerprint density at radius 3 is 2.59 bits per heavy atom. The topological polar surface area (TPSA) is 41.1 Å². The standard InChI is InChI=1S/C12H18N4S/c1-5-16(6-2)10-9-7-8(3)17-11(9)15-12(13-4)14-10/h7H,5-6H2,1-4H3,(H,13,14,15). The van der Waals surface area contributed by atoms with Crippen molar-refractivity contribution >= 4 is 33.3 Å². The van der Waals surface area contributed by atoms with E-state index in [-0.39, 0.29) is 0 Å². The first-order valence-electron chi connectivity index (χ1n) is 5.90. The molecule has 0 bridgehead atoms. The number of anilines is 2. The van der Waals surface area contributed by atoms with E-state index >= 15 is 0 Å². The highest BCUT2D eigenvalue weighted by molar-refractivity contribution is 7.18. The van der Waals surface area contributed by atoms with Crippen molar-refractivity contribution in [3.8, 4) is 0 Å². The Balaban J connectivity index is 2.65. The summed E-state index contributed by atoms with van der Waals surface area (Å²) in [7, 11) is 1.85. The normalized spacial score (nSPS) is 10.8. The summed E-state index contributed by atoms with van der Waals surface area (Å²) in [6.45, 7) is 8.32. The summed E-state index contributed by atoms with van der Waals surface area (Å²) in [5, 5.41) is 4.19. The third kappa shape index (κ3) is 2.20. The van der Waals surface area contributed by atoms with Crippen molar-refractivity contribution < 1.29 is 0 Å². The second-order valence-corrected chi connectivity index (χ2v) is 5.10. The van der Waals surface area contributed by atoms with Crippen LogP contribution in [0.2, 0.25) is 0 Å². The highest BCUT2D eigenvalue weighted by Crippen LogP contribution is 2.31. The zero-order chi connectivity index (χ0) is 12.4. The summed E-state index contributed by atoms with van der Waals surface area (Å²) < 4.78 is 0. The number of nitrogens with zero attached hydrogens (tertiary/aromatic N) is 3. The van der Waals surface area contributed by atoms with Crippen molar-refractivity contribution in [2.24, 2.45) is 0 Å². The molecule has 0 aliphatic rings. The van der Waals surface area contributed by atoms with Gasteiger partial charge in [-0.2, -0.15) is 4.98 Å². The van der Waals surface area contributed by atoms with E-state index in [4.69, 9.17) is 0 Å². The first kappa shape index (κ1) is 12.1. The van der Waals surface area contributed by atoms with E-state index in [1.54, 1.807) is 11.3 Å². The Labute approximate surface area is 106 Å². The quantitative estimate of drug-likeness (QED) is 0.906. The summed E-state index contributed by atoms with van der Waals surface area (Å²) >= 11 is 1.72. The van der Waals surface area contributed by atoms with Crippen molar-refractivity contribution in [3.63, 3.8) is 0 Å². The largest absolute Gasteiger partial charge is 0.357 e. The summed E-state index contributed by atoms with van der Waals surface area (Å²) in [6, 6.07) is 2.17. The zero-order valence-corrected chi connectivity index (χ0v) is 11.6. The van der Waals surface area contributed by atoms with Gasteiger partial charge in [-0.25, -0.2) is 4.98 Å². The molecule has 0 saturated carbocycles. The molecule has 2 rings (SSSR count). The van der Waals surface area contributed by atoms with E-state index in [1.165, 1.54) is 4.88 Å². The molecule has 17 heavy (non-hydrogen) atoms. The number of hydrogen-bond donors (Lipinski definition) is 1. The summed E-state index contributed by atoms with van der Waals surface area (Å²) in [5.41, 5.74) is 0. The maximum absolute atomic E-state index is 4.59. The molecule has 0 aliphatic carbocycles. The fourth-order valence-corrected chi connectivity index (χ4v) is 2.78. The van der Waals surface area contributed by atoms with Crippen LogP contribution in [0.4, 0.5) is 11.8 Å². The highest BCUT2D eigenvalue weighted by Gasteiger charge is 2.13. The summed E-state index contributed by atoms with van der Waals surface area (Å²) in [4.78, 5) is 13.7. The second-order valence-electron chi connectivity index (χ2n) is 3.87. The van der Waals surface area contributed by atoms with Crippen LogP contribution in [-0.2, 0) is 0 Å². The fourth-order valence-electron chi connectivity index (χ4n) is 1.90. The number of nitrogens with one attached hydrogen (secondary N) is 1. The third-order valence-electron chi connectivity index (χ3n) is 2.78. The predicted molar refractivity (Wildman–Crippen MR) is 75.3 cm³/mol. The minimum absolute atomic E-state index is 0.696. The molecule has 0 atom stereocenters. The molecule has 1 N–H and O–H groups in total. The van der Waals surface area contributed by atoms with Crippen LogP contribution in [0.1, 0.15) is 18.7 Å². The molecular formula is C12H18N4S. The molecule has 0 unspecified atom stereocenters. The van der Waals surface area contributed by atoms with Crippen LogP contribution in [0.25, 0.3) is 10.2 Å². The number of thiophene rings is 1. The Hall–Kier alpha value is -1.36. The first-order chi connectivity index (χ1) is 8.19. The first-order valence-corrected chi connectivity index (χ1v) is 6.72. The van der Waals surface area contributed by atoms with Crippen LogP contribution in [0.15, 0.2) is 6.07 Å². The minimum atomic E-state index is 0.696. The number of hydrogen-bond acceptors (Lipinski definition) is 5. The van der Waals surface area contributed by atoms with E-state index in [0.717, 1.165) is 29.1 Å². The van der Waals surface area contributed by atoms with E-state index in [9.17, 15) is 0 Å². The Morgan fingerprint density at radius 2 is 2.00 bits per heavy atom. The van der Waals surface area contributed by atoms with E-state index in [0.29, 0.717) is 5.95 Å². The van der Waals surface area contributed by atoms with Gasteiger partial charge in [0.05, 0.1) is 5.39 Å². The molecule has 0 aliphatic heterocycles. The van der Waals surface area contributed by atoms with Gasteiger partial charge >= 0.3 is 0 Å². The van der Waals surface area contributed by atoms with Crippen LogP contribution in [0, 0.1) is 6.92 Å². The molecule has 5 heteroatoms. The van der Waals surface area contributed by atoms with Crippen molar-refractivity contribution in [2.45, 2.75) is 20.8 Å². The maximum Gasteiger partial charge on any atom is 0.225 e. The Kier molecular flexibility index (Phi) is 3.47. The van der Waals surface area contributed by atoms with Gasteiger partial charge in [0, 0.05) is 25.0 Å². The van der Waals surface area contributed by atoms with E-state index < -0.39 is 0 Å². The predicted octanol–water partition coefficient (Wildman–Crippen LogP) is 2.89. The van der Waals surface area contributed by atoms with Crippen LogP contribution in [-0.4, -0.2) is 30.1 Å². The van der Waals surface area contributed by atoms with E-state index in [1.807, 2.05) is 7.05 Å². The molecule has 0 radical (unpaired) electrons. The molecule has 0 amide bonds. The SMILES string of the molecule is CCN(CC)c1nc(NC)nc2sc(C)cc12. The molecule has 2 heterocycles. The molecule has 0 fully saturated rings. The lowest BCUT2D eigenvalue weighted by Crippen LogP contribution is -2.23. The second kappa shape index (κ2) is 4.87. The van der Waals surface area contributed by atoms with Gasteiger partial charge in [0.2, 0.25) is 5.95 Å². The molecule has 0 spiro atoms. The molecule has 2 aromatic rings. The monoisotopic (exact) mass is 250 g/mol. The summed E-state index contributed by atoms with van der Waals surface area (Å²) in [5.74, 6) is 1.73. The number of aryl methyl sites for hydroxylation is 1. The summed E-state index contributed by atoms with van der Waals surface area (Å²) in [6.07, 6.45) is 0. The Bertz CT molecular complexity index is 516. The average molecular weight is 250 g/mol. The van der Waals surface area contributed by atoms with Gasteiger partial charge in [-0.05, 0) is 26.8 Å². The molecule has 0 aromatic carbocycles. The van der Waals surface area contributed by atoms with Gasteiger partial charge in [0.25, 0.3) is 0 Å². The van der Waals surface area contributed by atoms with Crippen LogP contribution >= 0.6 is 11.3 Å². The molecule has 2 aromatic heterocycles. The highest BCUT2D eigenvalue weighted by atomic mass is 32.1. The van der Waals surface area contributed by atoms with Crippen molar-refractivity contribution in [1.29, 1.82) is 0 Å². The van der Waals surface area contributed by atoms with Gasteiger partial charge < -0.3 is 10.2 Å². The lowest BCUT2D eigenvalue weighted by Gasteiger charge is -2.20.